The number of nitrogens with one attached hydrogen (secondary N) is 2. The van der Waals surface area contributed by atoms with Crippen LogP contribution in [0.25, 0.3) is 10.4 Å². The van der Waals surface area contributed by atoms with Crippen molar-refractivity contribution in [2.24, 2.45) is 5.11 Å². The molecule has 2 amide bonds. The van der Waals surface area contributed by atoms with E-state index in [2.05, 4.69) is 20.7 Å². The molecule has 0 spiro atoms. The van der Waals surface area contributed by atoms with Gasteiger partial charge in [0.2, 0.25) is 11.8 Å². The van der Waals surface area contributed by atoms with E-state index in [0.717, 1.165) is 12.1 Å². The molecule has 0 saturated carbocycles. The summed E-state index contributed by atoms with van der Waals surface area (Å²) in [5, 5.41) is 17.0. The maximum absolute atomic E-state index is 12.5. The number of azide groups is 1. The van der Waals surface area contributed by atoms with Gasteiger partial charge >= 0.3 is 12.1 Å². The number of carbonyl (C=O) groups is 3. The Kier molecular flexibility index (Phi) is 10.2. The topological polar surface area (TPSA) is 144 Å². The Morgan fingerprint density at radius 1 is 1.10 bits per heavy atom. The third-order valence-corrected chi connectivity index (χ3v) is 4.03. The van der Waals surface area contributed by atoms with Gasteiger partial charge in [0.25, 0.3) is 0 Å². The van der Waals surface area contributed by atoms with E-state index in [0.29, 0.717) is 18.4 Å². The van der Waals surface area contributed by atoms with Gasteiger partial charge in [-0.3, -0.25) is 14.4 Å². The van der Waals surface area contributed by atoms with Gasteiger partial charge in [-0.2, -0.15) is 13.2 Å². The standard InChI is InChI=1S/C18H22F3N5O4/c19-18(20,21)13-6-4-12(5-7-13)11-24-17(30)14(25-26-22)3-1-2-10-23-15(27)8-9-16(28)29/h4-7,14H,1-3,8-11H2,(H,23,27)(H,24,30)(H,28,29). The molecule has 1 atom stereocenters. The van der Waals surface area contributed by atoms with Gasteiger partial charge in [-0.15, -0.1) is 0 Å². The van der Waals surface area contributed by atoms with Crippen molar-refractivity contribution < 1.29 is 32.7 Å². The van der Waals surface area contributed by atoms with Crippen LogP contribution in [0.3, 0.4) is 0 Å². The van der Waals surface area contributed by atoms with Crippen LogP contribution in [0.4, 0.5) is 13.2 Å². The molecule has 3 N–H and O–H groups in total. The zero-order valence-electron chi connectivity index (χ0n) is 16.0. The monoisotopic (exact) mass is 429 g/mol. The molecule has 0 bridgehead atoms. The molecule has 9 nitrogen and oxygen atoms in total. The summed E-state index contributed by atoms with van der Waals surface area (Å²) < 4.78 is 37.6. The Bertz CT molecular complexity index is 777. The highest BCUT2D eigenvalue weighted by molar-refractivity contribution is 5.82. The number of hydrogen-bond acceptors (Lipinski definition) is 4. The van der Waals surface area contributed by atoms with E-state index in [4.69, 9.17) is 10.6 Å². The lowest BCUT2D eigenvalue weighted by atomic mass is 10.1. The van der Waals surface area contributed by atoms with Crippen LogP contribution in [-0.2, 0) is 27.1 Å². The molecule has 0 aliphatic carbocycles. The van der Waals surface area contributed by atoms with E-state index < -0.39 is 35.6 Å². The smallest absolute Gasteiger partial charge is 0.416 e. The Morgan fingerprint density at radius 3 is 2.33 bits per heavy atom. The highest BCUT2D eigenvalue weighted by atomic mass is 19.4. The Hall–Kier alpha value is -3.27. The Labute approximate surface area is 170 Å². The first-order chi connectivity index (χ1) is 14.1. The number of carboxylic acids is 1. The minimum atomic E-state index is -4.44. The van der Waals surface area contributed by atoms with E-state index in [1.165, 1.54) is 12.1 Å². The third kappa shape index (κ3) is 9.78. The van der Waals surface area contributed by atoms with Crippen LogP contribution in [0.2, 0.25) is 0 Å². The fourth-order valence-electron chi connectivity index (χ4n) is 2.42. The lowest BCUT2D eigenvalue weighted by Gasteiger charge is -2.13. The lowest BCUT2D eigenvalue weighted by Crippen LogP contribution is -2.33. The van der Waals surface area contributed by atoms with E-state index >= 15 is 0 Å². The van der Waals surface area contributed by atoms with E-state index in [1.54, 1.807) is 0 Å². The summed E-state index contributed by atoms with van der Waals surface area (Å²) in [5.41, 5.74) is 8.29. The zero-order valence-corrected chi connectivity index (χ0v) is 16.0. The molecule has 0 aliphatic rings. The summed E-state index contributed by atoms with van der Waals surface area (Å²) in [7, 11) is 0. The molecule has 0 radical (unpaired) electrons. The lowest BCUT2D eigenvalue weighted by molar-refractivity contribution is -0.139. The summed E-state index contributed by atoms with van der Waals surface area (Å²) in [6, 6.07) is 3.33. The van der Waals surface area contributed by atoms with Crippen molar-refractivity contribution in [2.45, 2.75) is 50.9 Å². The molecule has 1 aromatic rings. The van der Waals surface area contributed by atoms with E-state index in [9.17, 15) is 27.6 Å². The maximum Gasteiger partial charge on any atom is 0.416 e. The molecule has 0 saturated heterocycles. The molecular weight excluding hydrogens is 407 g/mol. The van der Waals surface area contributed by atoms with Crippen LogP contribution < -0.4 is 10.6 Å². The molecule has 0 fully saturated rings. The Morgan fingerprint density at radius 2 is 1.77 bits per heavy atom. The van der Waals surface area contributed by atoms with Crippen molar-refractivity contribution in [3.05, 3.63) is 45.8 Å². The number of unbranched alkanes of at least 4 members (excludes halogenated alkanes) is 1. The third-order valence-electron chi connectivity index (χ3n) is 4.03. The van der Waals surface area contributed by atoms with Crippen molar-refractivity contribution in [1.82, 2.24) is 10.6 Å². The largest absolute Gasteiger partial charge is 0.481 e. The molecular formula is C18H22F3N5O4. The quantitative estimate of drug-likeness (QED) is 0.203. The molecule has 1 aromatic carbocycles. The summed E-state index contributed by atoms with van der Waals surface area (Å²) in [5.74, 6) is -2.01. The predicted octanol–water partition coefficient (Wildman–Crippen LogP) is 3.15. The van der Waals surface area contributed by atoms with Crippen molar-refractivity contribution >= 4 is 17.8 Å². The number of alkyl halides is 3. The second-order valence-corrected chi connectivity index (χ2v) is 6.37. The first kappa shape index (κ1) is 24.8. The van der Waals surface area contributed by atoms with Crippen molar-refractivity contribution in [3.8, 4) is 0 Å². The van der Waals surface area contributed by atoms with Crippen molar-refractivity contribution in [1.29, 1.82) is 0 Å². The van der Waals surface area contributed by atoms with Crippen molar-refractivity contribution in [2.75, 3.05) is 6.54 Å². The second kappa shape index (κ2) is 12.3. The van der Waals surface area contributed by atoms with Crippen LogP contribution in [-0.4, -0.2) is 35.5 Å². The van der Waals surface area contributed by atoms with Crippen LogP contribution in [0, 0.1) is 0 Å². The van der Waals surface area contributed by atoms with E-state index in [-0.39, 0.29) is 32.4 Å². The average Bonchev–Trinajstić information content (AvgIpc) is 2.69. The molecule has 0 heterocycles. The molecule has 0 aromatic heterocycles. The number of benzene rings is 1. The predicted molar refractivity (Wildman–Crippen MR) is 100.0 cm³/mol. The first-order valence-electron chi connectivity index (χ1n) is 9.10. The molecule has 12 heteroatoms. The molecule has 30 heavy (non-hydrogen) atoms. The number of nitrogens with zero attached hydrogens (tertiary/aromatic N) is 3. The van der Waals surface area contributed by atoms with Crippen LogP contribution in [0.15, 0.2) is 29.4 Å². The minimum Gasteiger partial charge on any atom is -0.481 e. The SMILES string of the molecule is [N-]=[N+]=NC(CCCCNC(=O)CCC(=O)O)C(=O)NCc1ccc(C(F)(F)F)cc1. The summed E-state index contributed by atoms with van der Waals surface area (Å²) >= 11 is 0. The molecule has 164 valence electrons. The van der Waals surface area contributed by atoms with Gasteiger partial charge < -0.3 is 15.7 Å². The fraction of sp³-hybridized carbons (Fsp3) is 0.500. The number of halogens is 3. The summed E-state index contributed by atoms with van der Waals surface area (Å²) in [6.45, 7) is 0.267. The number of amides is 2. The number of carboxylic acid groups (broad SMARTS) is 1. The van der Waals surface area contributed by atoms with Crippen LogP contribution in [0.1, 0.15) is 43.2 Å². The number of carbonyl (C=O) groups excluding carboxylic acids is 2. The number of hydrogen-bond donors (Lipinski definition) is 3. The Balaban J connectivity index is 2.39. The van der Waals surface area contributed by atoms with Crippen molar-refractivity contribution in [3.63, 3.8) is 0 Å². The van der Waals surface area contributed by atoms with Gasteiger partial charge in [-0.05, 0) is 36.1 Å². The van der Waals surface area contributed by atoms with Crippen LogP contribution >= 0.6 is 0 Å². The highest BCUT2D eigenvalue weighted by Crippen LogP contribution is 2.29. The zero-order chi connectivity index (χ0) is 22.6. The van der Waals surface area contributed by atoms with Crippen LogP contribution in [0.5, 0.6) is 0 Å². The highest BCUT2D eigenvalue weighted by Gasteiger charge is 2.29. The summed E-state index contributed by atoms with van der Waals surface area (Å²) in [4.78, 5) is 36.6. The number of aliphatic carboxylic acids is 1. The van der Waals surface area contributed by atoms with E-state index in [1.807, 2.05) is 0 Å². The van der Waals surface area contributed by atoms with Gasteiger partial charge in [0, 0.05) is 24.4 Å². The number of rotatable bonds is 12. The van der Waals surface area contributed by atoms with Gasteiger partial charge in [-0.25, -0.2) is 0 Å². The maximum atomic E-state index is 12.5. The van der Waals surface area contributed by atoms with Gasteiger partial charge in [-0.1, -0.05) is 23.7 Å². The average molecular weight is 429 g/mol. The molecule has 1 rings (SSSR count). The molecule has 1 unspecified atom stereocenters. The molecule has 0 aliphatic heterocycles. The minimum absolute atomic E-state index is 0.0198. The first-order valence-corrected chi connectivity index (χ1v) is 9.10. The van der Waals surface area contributed by atoms with Gasteiger partial charge in [0.1, 0.15) is 6.04 Å². The second-order valence-electron chi connectivity index (χ2n) is 6.37. The normalized spacial score (nSPS) is 11.8. The summed E-state index contributed by atoms with van der Waals surface area (Å²) in [6.07, 6.45) is -3.66. The van der Waals surface area contributed by atoms with Gasteiger partial charge in [0.15, 0.2) is 0 Å². The van der Waals surface area contributed by atoms with Gasteiger partial charge in [0.05, 0.1) is 12.0 Å². The fourth-order valence-corrected chi connectivity index (χ4v) is 2.42.